The first-order chi connectivity index (χ1) is 16.5. The van der Waals surface area contributed by atoms with Crippen molar-refractivity contribution >= 4 is 32.5 Å². The summed E-state index contributed by atoms with van der Waals surface area (Å²) in [7, 11) is -3.94. The number of halogens is 3. The zero-order valence-electron chi connectivity index (χ0n) is 18.4. The van der Waals surface area contributed by atoms with Gasteiger partial charge in [-0.25, -0.2) is 31.1 Å². The molecule has 1 saturated carbocycles. The number of fused-ring (bicyclic) bond motifs is 1. The first kappa shape index (κ1) is 23.8. The van der Waals surface area contributed by atoms with E-state index in [0.717, 1.165) is 3.97 Å². The van der Waals surface area contributed by atoms with Gasteiger partial charge in [0.1, 0.15) is 5.82 Å². The van der Waals surface area contributed by atoms with E-state index in [1.807, 2.05) is 0 Å². The van der Waals surface area contributed by atoms with Crippen molar-refractivity contribution in [3.63, 3.8) is 0 Å². The van der Waals surface area contributed by atoms with Crippen LogP contribution in [0, 0.1) is 0 Å². The summed E-state index contributed by atoms with van der Waals surface area (Å²) >= 11 is 6.44. The molecule has 1 aliphatic carbocycles. The second-order valence-electron chi connectivity index (χ2n) is 8.92. The third-order valence-electron chi connectivity index (χ3n) is 6.18. The van der Waals surface area contributed by atoms with Gasteiger partial charge in [-0.2, -0.15) is 0 Å². The Kier molecular flexibility index (Phi) is 5.67. The van der Waals surface area contributed by atoms with Gasteiger partial charge in [0, 0.05) is 42.2 Å². The maximum Gasteiger partial charge on any atom is 0.268 e. The molecule has 0 radical (unpaired) electrons. The zero-order chi connectivity index (χ0) is 25.0. The Morgan fingerprint density at radius 1 is 1.06 bits per heavy atom. The molecule has 2 unspecified atom stereocenters. The summed E-state index contributed by atoms with van der Waals surface area (Å²) in [5.74, 6) is -3.08. The van der Waals surface area contributed by atoms with E-state index in [1.54, 1.807) is 42.5 Å². The Bertz CT molecular complexity index is 1530. The number of alkyl halides is 2. The van der Waals surface area contributed by atoms with Crippen molar-refractivity contribution in [2.75, 3.05) is 0 Å². The summed E-state index contributed by atoms with van der Waals surface area (Å²) in [5.41, 5.74) is 11.7. The van der Waals surface area contributed by atoms with Crippen molar-refractivity contribution in [1.82, 2.24) is 13.9 Å². The molecule has 0 aliphatic heterocycles. The van der Waals surface area contributed by atoms with Crippen LogP contribution in [0.2, 0.25) is 5.02 Å². The van der Waals surface area contributed by atoms with Crippen molar-refractivity contribution in [2.24, 2.45) is 11.5 Å². The molecule has 0 amide bonds. The first-order valence-corrected chi connectivity index (χ1v) is 12.7. The quantitative estimate of drug-likeness (QED) is 0.417. The summed E-state index contributed by atoms with van der Waals surface area (Å²) in [4.78, 5) is 8.76. The topological polar surface area (TPSA) is 117 Å². The van der Waals surface area contributed by atoms with E-state index >= 15 is 0 Å². The van der Waals surface area contributed by atoms with Crippen LogP contribution in [0.1, 0.15) is 25.1 Å². The second kappa shape index (κ2) is 8.34. The van der Waals surface area contributed by atoms with E-state index < -0.39 is 40.4 Å². The molecule has 4 aromatic rings. The van der Waals surface area contributed by atoms with Crippen LogP contribution in [0.25, 0.3) is 22.2 Å². The van der Waals surface area contributed by atoms with Crippen molar-refractivity contribution in [3.05, 3.63) is 77.8 Å². The Morgan fingerprint density at radius 2 is 1.74 bits per heavy atom. The van der Waals surface area contributed by atoms with Crippen molar-refractivity contribution in [1.29, 1.82) is 0 Å². The van der Waals surface area contributed by atoms with E-state index in [4.69, 9.17) is 23.1 Å². The molecule has 11 heteroatoms. The number of hydrogen-bond acceptors (Lipinski definition) is 6. The van der Waals surface area contributed by atoms with Crippen LogP contribution in [-0.4, -0.2) is 34.3 Å². The minimum absolute atomic E-state index is 0.0190. The van der Waals surface area contributed by atoms with Crippen LogP contribution in [0.5, 0.6) is 0 Å². The molecule has 35 heavy (non-hydrogen) atoms. The maximum absolute atomic E-state index is 14.3. The highest BCUT2D eigenvalue weighted by Crippen LogP contribution is 2.43. The molecule has 1 aliphatic rings. The lowest BCUT2D eigenvalue weighted by Gasteiger charge is -2.39. The van der Waals surface area contributed by atoms with E-state index in [2.05, 4.69) is 9.97 Å². The molecule has 2 atom stereocenters. The zero-order valence-corrected chi connectivity index (χ0v) is 20.0. The lowest BCUT2D eigenvalue weighted by atomic mass is 9.77. The van der Waals surface area contributed by atoms with Gasteiger partial charge in [0.05, 0.1) is 26.7 Å². The lowest BCUT2D eigenvalue weighted by Crippen LogP contribution is -2.53. The van der Waals surface area contributed by atoms with Crippen molar-refractivity contribution in [2.45, 2.75) is 41.7 Å². The van der Waals surface area contributed by atoms with Crippen LogP contribution < -0.4 is 11.5 Å². The molecule has 4 N–H and O–H groups in total. The normalized spacial score (nSPS) is 22.4. The number of nitrogens with zero attached hydrogens (tertiary/aromatic N) is 3. The number of aromatic nitrogens is 3. The molecule has 0 bridgehead atoms. The largest absolute Gasteiger partial charge is 0.327 e. The molecule has 2 heterocycles. The van der Waals surface area contributed by atoms with Gasteiger partial charge in [0.2, 0.25) is 0 Å². The van der Waals surface area contributed by atoms with Gasteiger partial charge in [-0.1, -0.05) is 48.0 Å². The fraction of sp³-hybridized carbons (Fsp3) is 0.250. The predicted molar refractivity (Wildman–Crippen MR) is 130 cm³/mol. The van der Waals surface area contributed by atoms with E-state index in [-0.39, 0.29) is 27.9 Å². The molecule has 2 aromatic heterocycles. The van der Waals surface area contributed by atoms with Crippen LogP contribution in [0.15, 0.2) is 71.9 Å². The number of nitrogens with two attached hydrogens (primary N) is 2. The number of benzene rings is 2. The molecule has 7 nitrogen and oxygen atoms in total. The molecular weight excluding hydrogens is 496 g/mol. The summed E-state index contributed by atoms with van der Waals surface area (Å²) in [6.45, 7) is 0. The average Bonchev–Trinajstić information content (AvgIpc) is 3.18. The Morgan fingerprint density at radius 3 is 2.46 bits per heavy atom. The monoisotopic (exact) mass is 517 g/mol. The van der Waals surface area contributed by atoms with Crippen LogP contribution in [0.4, 0.5) is 8.78 Å². The minimum atomic E-state index is -3.94. The fourth-order valence-electron chi connectivity index (χ4n) is 4.74. The van der Waals surface area contributed by atoms with Crippen LogP contribution in [-0.2, 0) is 15.6 Å². The standard InChI is InChI=1S/C24H22ClF2N5O2S/c25-19-12-30-22(23(29)10-15(28)11-24(26,27)14-23)31-21(19)18-13-32(20-9-5-4-8-17(18)20)35(33,34)16-6-2-1-3-7-16/h1-9,12-13,15H,10-11,14,28-29H2. The summed E-state index contributed by atoms with van der Waals surface area (Å²) in [5, 5.41) is 0.694. The van der Waals surface area contributed by atoms with Crippen molar-refractivity contribution < 1.29 is 17.2 Å². The molecule has 1 fully saturated rings. The van der Waals surface area contributed by atoms with Crippen molar-refractivity contribution in [3.8, 4) is 11.3 Å². The Balaban J connectivity index is 1.69. The van der Waals surface area contributed by atoms with Gasteiger partial charge < -0.3 is 11.5 Å². The maximum atomic E-state index is 14.3. The Hall–Kier alpha value is -2.92. The fourth-order valence-corrected chi connectivity index (χ4v) is 6.32. The molecule has 182 valence electrons. The molecular formula is C24H22ClF2N5O2S. The number of para-hydroxylation sites is 1. The minimum Gasteiger partial charge on any atom is -0.327 e. The predicted octanol–water partition coefficient (Wildman–Crippen LogP) is 4.29. The van der Waals surface area contributed by atoms with E-state index in [1.165, 1.54) is 24.5 Å². The highest BCUT2D eigenvalue weighted by atomic mass is 35.5. The van der Waals surface area contributed by atoms with Crippen LogP contribution in [0.3, 0.4) is 0 Å². The molecule has 0 saturated heterocycles. The summed E-state index contributed by atoms with van der Waals surface area (Å²) in [6, 6.07) is 14.1. The third kappa shape index (κ3) is 4.20. The van der Waals surface area contributed by atoms with Crippen LogP contribution >= 0.6 is 11.6 Å². The van der Waals surface area contributed by atoms with E-state index in [0.29, 0.717) is 16.5 Å². The lowest BCUT2D eigenvalue weighted by molar-refractivity contribution is -0.0685. The summed E-state index contributed by atoms with van der Waals surface area (Å²) in [6.07, 6.45) is 1.68. The highest BCUT2D eigenvalue weighted by molar-refractivity contribution is 7.90. The molecule has 5 rings (SSSR count). The number of rotatable bonds is 4. The summed E-state index contributed by atoms with van der Waals surface area (Å²) < 4.78 is 56.7. The molecule has 0 spiro atoms. The van der Waals surface area contributed by atoms with Gasteiger partial charge in [0.15, 0.2) is 0 Å². The van der Waals surface area contributed by atoms with Gasteiger partial charge in [-0.15, -0.1) is 0 Å². The van der Waals surface area contributed by atoms with Gasteiger partial charge in [0.25, 0.3) is 15.9 Å². The van der Waals surface area contributed by atoms with Gasteiger partial charge in [-0.3, -0.25) is 0 Å². The third-order valence-corrected chi connectivity index (χ3v) is 8.15. The molecule has 2 aromatic carbocycles. The second-order valence-corrected chi connectivity index (χ2v) is 11.1. The SMILES string of the molecule is NC1CC(F)(F)CC(N)(c2ncc(Cl)c(-c3cn(S(=O)(=O)c4ccccc4)c4ccccc34)n2)C1. The smallest absolute Gasteiger partial charge is 0.268 e. The van der Waals surface area contributed by atoms with Gasteiger partial charge >= 0.3 is 0 Å². The van der Waals surface area contributed by atoms with E-state index in [9.17, 15) is 17.2 Å². The number of hydrogen-bond donors (Lipinski definition) is 2. The van der Waals surface area contributed by atoms with Gasteiger partial charge in [-0.05, 0) is 24.6 Å². The average molecular weight is 518 g/mol. The highest BCUT2D eigenvalue weighted by Gasteiger charge is 2.49. The first-order valence-electron chi connectivity index (χ1n) is 10.9. The Labute approximate surface area is 205 Å².